The molecule has 0 radical (unpaired) electrons. The van der Waals surface area contributed by atoms with Crippen molar-refractivity contribution < 1.29 is 4.79 Å². The molecule has 0 saturated heterocycles. The quantitative estimate of drug-likeness (QED) is 0.382. The molecule has 0 saturated carbocycles. The number of hydrogen-bond acceptors (Lipinski definition) is 3. The first-order valence-electron chi connectivity index (χ1n) is 4.15. The first-order valence-corrected chi connectivity index (χ1v) is 4.15. The number of benzene rings is 1. The average molecular weight is 190 g/mol. The fourth-order valence-electron chi connectivity index (χ4n) is 1.43. The molecule has 1 heterocycles. The summed E-state index contributed by atoms with van der Waals surface area (Å²) in [5.74, 6) is 4.74. The molecule has 0 fully saturated rings. The van der Waals surface area contributed by atoms with Crippen molar-refractivity contribution >= 4 is 16.8 Å². The number of carbonyl (C=O) groups is 1. The Bertz CT molecular complexity index is 489. The van der Waals surface area contributed by atoms with E-state index in [1.165, 1.54) is 0 Å². The number of fused-ring (bicyclic) bond motifs is 1. The van der Waals surface area contributed by atoms with Crippen molar-refractivity contribution in [3.8, 4) is 0 Å². The highest BCUT2D eigenvalue weighted by Crippen LogP contribution is 2.16. The van der Waals surface area contributed by atoms with Crippen LogP contribution in [0, 0.1) is 0 Å². The van der Waals surface area contributed by atoms with Crippen LogP contribution < -0.4 is 11.3 Å². The molecule has 2 rings (SSSR count). The number of amides is 1. The molecule has 1 aromatic heterocycles. The van der Waals surface area contributed by atoms with Gasteiger partial charge in [0.15, 0.2) is 0 Å². The summed E-state index contributed by atoms with van der Waals surface area (Å²) in [6.07, 6.45) is 1.85. The van der Waals surface area contributed by atoms with Gasteiger partial charge in [0.1, 0.15) is 5.52 Å². The normalized spacial score (nSPS) is 10.4. The molecule has 0 bridgehead atoms. The van der Waals surface area contributed by atoms with Crippen molar-refractivity contribution in [3.63, 3.8) is 0 Å². The average Bonchev–Trinajstić information content (AvgIpc) is 2.56. The number of nitrogens with zero attached hydrogens (tertiary/aromatic N) is 2. The predicted molar refractivity (Wildman–Crippen MR) is 52.4 cm³/mol. The van der Waals surface area contributed by atoms with E-state index >= 15 is 0 Å². The minimum Gasteiger partial charge on any atom is -0.290 e. The monoisotopic (exact) mass is 190 g/mol. The molecule has 1 amide bonds. The van der Waals surface area contributed by atoms with Gasteiger partial charge in [0.25, 0.3) is 5.91 Å². The third-order valence-electron chi connectivity index (χ3n) is 2.03. The van der Waals surface area contributed by atoms with Gasteiger partial charge >= 0.3 is 0 Å². The molecule has 1 aromatic carbocycles. The van der Waals surface area contributed by atoms with E-state index in [1.807, 2.05) is 19.3 Å². The highest BCUT2D eigenvalue weighted by atomic mass is 16.2. The van der Waals surface area contributed by atoms with E-state index in [-0.39, 0.29) is 5.91 Å². The van der Waals surface area contributed by atoms with E-state index in [1.54, 1.807) is 16.8 Å². The Labute approximate surface area is 80.5 Å². The molecule has 0 aliphatic heterocycles. The molecule has 0 atom stereocenters. The Morgan fingerprint density at radius 3 is 3.07 bits per heavy atom. The summed E-state index contributed by atoms with van der Waals surface area (Å²) in [5, 5.41) is 5.11. The second kappa shape index (κ2) is 3.12. The second-order valence-corrected chi connectivity index (χ2v) is 3.02. The molecule has 3 N–H and O–H groups in total. The van der Waals surface area contributed by atoms with Gasteiger partial charge in [-0.3, -0.25) is 14.9 Å². The standard InChI is InChI=1S/C9H10N4O/c1-13-5-6-3-2-4-7(8(6)12-13)9(14)11-10/h2-5H,10H2,1H3,(H,11,14). The number of nitrogen functional groups attached to an aromatic ring is 1. The van der Waals surface area contributed by atoms with Gasteiger partial charge in [0.2, 0.25) is 0 Å². The smallest absolute Gasteiger partial charge is 0.267 e. The molecule has 5 heteroatoms. The van der Waals surface area contributed by atoms with Crippen molar-refractivity contribution in [1.82, 2.24) is 15.2 Å². The Kier molecular flexibility index (Phi) is 1.94. The lowest BCUT2D eigenvalue weighted by Gasteiger charge is -1.98. The molecule has 0 spiro atoms. The zero-order valence-electron chi connectivity index (χ0n) is 7.69. The van der Waals surface area contributed by atoms with E-state index in [4.69, 9.17) is 5.84 Å². The van der Waals surface area contributed by atoms with Gasteiger partial charge in [0.05, 0.1) is 5.56 Å². The largest absolute Gasteiger partial charge is 0.290 e. The summed E-state index contributed by atoms with van der Waals surface area (Å²) in [4.78, 5) is 11.4. The number of nitrogens with one attached hydrogen (secondary N) is 1. The molecule has 72 valence electrons. The van der Waals surface area contributed by atoms with E-state index in [0.29, 0.717) is 11.1 Å². The Morgan fingerprint density at radius 1 is 1.57 bits per heavy atom. The second-order valence-electron chi connectivity index (χ2n) is 3.02. The topological polar surface area (TPSA) is 72.9 Å². The summed E-state index contributed by atoms with van der Waals surface area (Å²) < 4.78 is 1.66. The summed E-state index contributed by atoms with van der Waals surface area (Å²) in [6.45, 7) is 0. The van der Waals surface area contributed by atoms with Crippen molar-refractivity contribution in [2.45, 2.75) is 0 Å². The van der Waals surface area contributed by atoms with Crippen LogP contribution in [0.2, 0.25) is 0 Å². The number of hydrogen-bond donors (Lipinski definition) is 2. The van der Waals surface area contributed by atoms with E-state index in [2.05, 4.69) is 10.5 Å². The lowest BCUT2D eigenvalue weighted by atomic mass is 10.1. The lowest BCUT2D eigenvalue weighted by molar-refractivity contribution is 0.0955. The minimum atomic E-state index is -0.325. The summed E-state index contributed by atoms with van der Waals surface area (Å²) in [6, 6.07) is 5.39. The van der Waals surface area contributed by atoms with Crippen LogP contribution in [-0.4, -0.2) is 15.7 Å². The van der Waals surface area contributed by atoms with Crippen molar-refractivity contribution in [3.05, 3.63) is 30.0 Å². The van der Waals surface area contributed by atoms with Crippen LogP contribution in [-0.2, 0) is 7.05 Å². The molecule has 14 heavy (non-hydrogen) atoms. The Balaban J connectivity index is 2.70. The SMILES string of the molecule is Cn1cc2cccc(C(=O)NN)c2n1. The molecular weight excluding hydrogens is 180 g/mol. The number of aryl methyl sites for hydroxylation is 1. The van der Waals surface area contributed by atoms with Gasteiger partial charge in [-0.05, 0) is 6.07 Å². The van der Waals surface area contributed by atoms with Crippen LogP contribution in [0.15, 0.2) is 24.4 Å². The summed E-state index contributed by atoms with van der Waals surface area (Å²) >= 11 is 0. The van der Waals surface area contributed by atoms with Gasteiger partial charge in [-0.2, -0.15) is 5.10 Å². The summed E-state index contributed by atoms with van der Waals surface area (Å²) in [5.41, 5.74) is 3.25. The van der Waals surface area contributed by atoms with Crippen LogP contribution in [0.4, 0.5) is 0 Å². The van der Waals surface area contributed by atoms with Crippen molar-refractivity contribution in [1.29, 1.82) is 0 Å². The molecule has 0 unspecified atom stereocenters. The van der Waals surface area contributed by atoms with Gasteiger partial charge in [-0.25, -0.2) is 5.84 Å². The van der Waals surface area contributed by atoms with Crippen molar-refractivity contribution in [2.75, 3.05) is 0 Å². The van der Waals surface area contributed by atoms with Gasteiger partial charge in [-0.1, -0.05) is 12.1 Å². The number of aromatic nitrogens is 2. The first kappa shape index (κ1) is 8.71. The minimum absolute atomic E-state index is 0.325. The van der Waals surface area contributed by atoms with Crippen LogP contribution in [0.25, 0.3) is 10.9 Å². The Hall–Kier alpha value is -1.88. The maximum Gasteiger partial charge on any atom is 0.267 e. The number of carbonyl (C=O) groups excluding carboxylic acids is 1. The maximum atomic E-state index is 11.4. The fraction of sp³-hybridized carbons (Fsp3) is 0.111. The number of rotatable bonds is 1. The molecule has 2 aromatic rings. The zero-order chi connectivity index (χ0) is 10.1. The third kappa shape index (κ3) is 1.23. The highest BCUT2D eigenvalue weighted by molar-refractivity contribution is 6.05. The molecule has 0 aliphatic rings. The van der Waals surface area contributed by atoms with Gasteiger partial charge in [-0.15, -0.1) is 0 Å². The fourth-order valence-corrected chi connectivity index (χ4v) is 1.43. The number of nitrogens with two attached hydrogens (primary N) is 1. The third-order valence-corrected chi connectivity index (χ3v) is 2.03. The van der Waals surface area contributed by atoms with E-state index in [0.717, 1.165) is 5.39 Å². The highest BCUT2D eigenvalue weighted by Gasteiger charge is 2.10. The zero-order valence-corrected chi connectivity index (χ0v) is 7.69. The molecule has 0 aliphatic carbocycles. The van der Waals surface area contributed by atoms with Gasteiger partial charge in [0, 0.05) is 18.6 Å². The van der Waals surface area contributed by atoms with E-state index in [9.17, 15) is 4.79 Å². The predicted octanol–water partition coefficient (Wildman–Crippen LogP) is 0.177. The van der Waals surface area contributed by atoms with Crippen LogP contribution in [0.3, 0.4) is 0 Å². The van der Waals surface area contributed by atoms with Crippen LogP contribution in [0.1, 0.15) is 10.4 Å². The first-order chi connectivity index (χ1) is 6.72. The van der Waals surface area contributed by atoms with E-state index < -0.39 is 0 Å². The van der Waals surface area contributed by atoms with Crippen LogP contribution >= 0.6 is 0 Å². The van der Waals surface area contributed by atoms with Crippen LogP contribution in [0.5, 0.6) is 0 Å². The number of hydrazine groups is 1. The lowest BCUT2D eigenvalue weighted by Crippen LogP contribution is -2.30. The maximum absolute atomic E-state index is 11.4. The molecule has 5 nitrogen and oxygen atoms in total. The molecular formula is C9H10N4O. The van der Waals surface area contributed by atoms with Gasteiger partial charge < -0.3 is 0 Å². The summed E-state index contributed by atoms with van der Waals surface area (Å²) in [7, 11) is 1.81. The Morgan fingerprint density at radius 2 is 2.36 bits per heavy atom. The van der Waals surface area contributed by atoms with Crippen molar-refractivity contribution in [2.24, 2.45) is 12.9 Å².